The van der Waals surface area contributed by atoms with Crippen molar-refractivity contribution in [1.29, 1.82) is 0 Å². The molecule has 1 aromatic rings. The van der Waals surface area contributed by atoms with E-state index in [1.54, 1.807) is 0 Å². The molecule has 0 saturated heterocycles. The third-order valence-corrected chi connectivity index (χ3v) is 2.54. The molecule has 0 amide bonds. The first-order valence-corrected chi connectivity index (χ1v) is 6.23. The highest BCUT2D eigenvalue weighted by atomic mass is 14.7. The minimum atomic E-state index is 0.547. The van der Waals surface area contributed by atoms with Crippen molar-refractivity contribution < 1.29 is 0 Å². The van der Waals surface area contributed by atoms with Crippen molar-refractivity contribution in [3.8, 4) is 0 Å². The van der Waals surface area contributed by atoms with Gasteiger partial charge in [-0.05, 0) is 30.0 Å². The Kier molecular flexibility index (Phi) is 5.61. The molecule has 0 fully saturated rings. The normalized spacial score (nSPS) is 13.6. The fourth-order valence-electron chi connectivity index (χ4n) is 1.48. The van der Waals surface area contributed by atoms with Gasteiger partial charge in [0.05, 0.1) is 6.54 Å². The summed E-state index contributed by atoms with van der Waals surface area (Å²) in [7, 11) is 0. The number of pyridine rings is 1. The van der Waals surface area contributed by atoms with Gasteiger partial charge >= 0.3 is 0 Å². The zero-order valence-electron chi connectivity index (χ0n) is 11.2. The lowest BCUT2D eigenvalue weighted by Crippen LogP contribution is -2.00. The van der Waals surface area contributed by atoms with Gasteiger partial charge in [-0.3, -0.25) is 9.98 Å². The van der Waals surface area contributed by atoms with Crippen LogP contribution in [0.1, 0.15) is 39.3 Å². The average molecular weight is 230 g/mol. The molecule has 2 nitrogen and oxygen atoms in total. The van der Waals surface area contributed by atoms with Crippen molar-refractivity contribution in [2.24, 2.45) is 10.9 Å². The monoisotopic (exact) mass is 230 g/mol. The minimum Gasteiger partial charge on any atom is -0.285 e. The van der Waals surface area contributed by atoms with Gasteiger partial charge in [0.15, 0.2) is 0 Å². The zero-order chi connectivity index (χ0) is 12.7. The third-order valence-electron chi connectivity index (χ3n) is 2.54. The molecule has 0 saturated carbocycles. The lowest BCUT2D eigenvalue weighted by atomic mass is 10.1. The van der Waals surface area contributed by atoms with Gasteiger partial charge in [0, 0.05) is 17.6 Å². The molecule has 0 bridgehead atoms. The van der Waals surface area contributed by atoms with Gasteiger partial charge in [0.2, 0.25) is 0 Å². The molecule has 2 heterocycles. The highest BCUT2D eigenvalue weighted by molar-refractivity contribution is 5.97. The van der Waals surface area contributed by atoms with Crippen molar-refractivity contribution in [3.63, 3.8) is 0 Å². The van der Waals surface area contributed by atoms with E-state index < -0.39 is 0 Å². The predicted octanol–water partition coefficient (Wildman–Crippen LogP) is 3.86. The average Bonchev–Trinajstić information content (AvgIpc) is 2.84. The van der Waals surface area contributed by atoms with Crippen molar-refractivity contribution in [2.75, 3.05) is 6.54 Å². The highest BCUT2D eigenvalue weighted by Crippen LogP contribution is 2.08. The Morgan fingerprint density at radius 3 is 2.12 bits per heavy atom. The van der Waals surface area contributed by atoms with E-state index in [-0.39, 0.29) is 0 Å². The SMILES string of the molecule is CC(C)C1=NCC=C1.CC(C)c1ccccn1. The summed E-state index contributed by atoms with van der Waals surface area (Å²) >= 11 is 0. The fourth-order valence-corrected chi connectivity index (χ4v) is 1.48. The Bertz CT molecular complexity index is 375. The summed E-state index contributed by atoms with van der Waals surface area (Å²) in [5, 5.41) is 0. The first kappa shape index (κ1) is 13.6. The molecule has 0 aliphatic carbocycles. The number of hydrogen-bond acceptors (Lipinski definition) is 2. The van der Waals surface area contributed by atoms with Gasteiger partial charge in [-0.1, -0.05) is 39.8 Å². The van der Waals surface area contributed by atoms with Crippen molar-refractivity contribution in [3.05, 3.63) is 42.2 Å². The maximum absolute atomic E-state index is 4.24. The molecular weight excluding hydrogens is 208 g/mol. The van der Waals surface area contributed by atoms with Crippen molar-refractivity contribution in [1.82, 2.24) is 4.98 Å². The summed E-state index contributed by atoms with van der Waals surface area (Å²) < 4.78 is 0. The van der Waals surface area contributed by atoms with Crippen LogP contribution in [0.15, 0.2) is 41.5 Å². The number of aromatic nitrogens is 1. The Labute approximate surface area is 105 Å². The van der Waals surface area contributed by atoms with Crippen LogP contribution < -0.4 is 0 Å². The van der Waals surface area contributed by atoms with E-state index in [1.807, 2.05) is 24.4 Å². The molecule has 0 N–H and O–H groups in total. The second kappa shape index (κ2) is 7.00. The summed E-state index contributed by atoms with van der Waals surface area (Å²) in [6, 6.07) is 6.00. The summed E-state index contributed by atoms with van der Waals surface area (Å²) in [4.78, 5) is 8.42. The zero-order valence-corrected chi connectivity index (χ0v) is 11.2. The summed E-state index contributed by atoms with van der Waals surface area (Å²) in [6.07, 6.45) is 6.02. The summed E-state index contributed by atoms with van der Waals surface area (Å²) in [5.41, 5.74) is 2.41. The van der Waals surface area contributed by atoms with Crippen LogP contribution in [-0.4, -0.2) is 17.2 Å². The van der Waals surface area contributed by atoms with E-state index in [9.17, 15) is 0 Å². The number of rotatable bonds is 2. The number of nitrogens with zero attached hydrogens (tertiary/aromatic N) is 2. The van der Waals surface area contributed by atoms with Crippen LogP contribution in [0.25, 0.3) is 0 Å². The molecule has 92 valence electrons. The Morgan fingerprint density at radius 1 is 1.06 bits per heavy atom. The third kappa shape index (κ3) is 4.94. The first-order valence-electron chi connectivity index (χ1n) is 6.23. The lowest BCUT2D eigenvalue weighted by molar-refractivity contribution is 0.823. The second-order valence-corrected chi connectivity index (χ2v) is 4.73. The molecule has 0 atom stereocenters. The van der Waals surface area contributed by atoms with Crippen LogP contribution in [0.2, 0.25) is 0 Å². The molecule has 0 radical (unpaired) electrons. The van der Waals surface area contributed by atoms with Crippen LogP contribution >= 0.6 is 0 Å². The number of aliphatic imine (C=N–C) groups is 1. The lowest BCUT2D eigenvalue weighted by Gasteiger charge is -2.00. The maximum atomic E-state index is 4.24. The summed E-state index contributed by atoms with van der Waals surface area (Å²) in [6.45, 7) is 9.50. The van der Waals surface area contributed by atoms with Crippen molar-refractivity contribution in [2.45, 2.75) is 33.6 Å². The quantitative estimate of drug-likeness (QED) is 0.757. The Morgan fingerprint density at radius 2 is 1.82 bits per heavy atom. The van der Waals surface area contributed by atoms with Gasteiger partial charge in [0.25, 0.3) is 0 Å². The summed E-state index contributed by atoms with van der Waals surface area (Å²) in [5.74, 6) is 1.15. The molecule has 1 aromatic heterocycles. The Balaban J connectivity index is 0.000000171. The van der Waals surface area contributed by atoms with E-state index in [2.05, 4.69) is 49.8 Å². The molecule has 1 aliphatic heterocycles. The molecule has 17 heavy (non-hydrogen) atoms. The molecule has 2 heteroatoms. The van der Waals surface area contributed by atoms with Gasteiger partial charge in [0.1, 0.15) is 0 Å². The van der Waals surface area contributed by atoms with E-state index in [1.165, 1.54) is 5.71 Å². The maximum Gasteiger partial charge on any atom is 0.0577 e. The van der Waals surface area contributed by atoms with E-state index in [0.29, 0.717) is 11.8 Å². The molecule has 0 spiro atoms. The second-order valence-electron chi connectivity index (χ2n) is 4.73. The van der Waals surface area contributed by atoms with Crippen LogP contribution in [-0.2, 0) is 0 Å². The van der Waals surface area contributed by atoms with Crippen molar-refractivity contribution >= 4 is 5.71 Å². The van der Waals surface area contributed by atoms with Gasteiger partial charge in [-0.2, -0.15) is 0 Å². The largest absolute Gasteiger partial charge is 0.285 e. The fraction of sp³-hybridized carbons (Fsp3) is 0.467. The van der Waals surface area contributed by atoms with E-state index >= 15 is 0 Å². The van der Waals surface area contributed by atoms with Crippen LogP contribution in [0, 0.1) is 5.92 Å². The smallest absolute Gasteiger partial charge is 0.0577 e. The molecular formula is C15H22N2. The number of allylic oxidation sites excluding steroid dienone is 1. The van der Waals surface area contributed by atoms with E-state index in [4.69, 9.17) is 0 Å². The molecule has 0 unspecified atom stereocenters. The number of hydrogen-bond donors (Lipinski definition) is 0. The first-order chi connectivity index (χ1) is 8.11. The van der Waals surface area contributed by atoms with Gasteiger partial charge in [-0.15, -0.1) is 0 Å². The van der Waals surface area contributed by atoms with Crippen LogP contribution in [0.3, 0.4) is 0 Å². The minimum absolute atomic E-state index is 0.547. The van der Waals surface area contributed by atoms with Crippen LogP contribution in [0.4, 0.5) is 0 Å². The van der Waals surface area contributed by atoms with E-state index in [0.717, 1.165) is 12.2 Å². The molecule has 1 aliphatic rings. The van der Waals surface area contributed by atoms with Crippen LogP contribution in [0.5, 0.6) is 0 Å². The molecule has 0 aromatic carbocycles. The van der Waals surface area contributed by atoms with Gasteiger partial charge < -0.3 is 0 Å². The standard InChI is InChI=1S/C8H11N.C7H11N/c1-7(2)8-5-3-4-6-9-8;1-6(2)7-4-3-5-8-7/h3-7H,1-2H3;3-4,6H,5H2,1-2H3. The predicted molar refractivity (Wildman–Crippen MR) is 74.6 cm³/mol. The topological polar surface area (TPSA) is 25.2 Å². The van der Waals surface area contributed by atoms with Gasteiger partial charge in [-0.25, -0.2) is 0 Å². The molecule has 2 rings (SSSR count). The highest BCUT2D eigenvalue weighted by Gasteiger charge is 2.02. The Hall–Kier alpha value is -1.44.